The molecule has 14 N–H and O–H groups in total. The zero-order valence-electron chi connectivity index (χ0n) is 56.1. The third kappa shape index (κ3) is 17.5. The molecule has 14 heterocycles. The average molecular weight is 1410 g/mol. The molecule has 0 spiro atoms. The SMILES string of the molecule is NC1CCC(CNc2ccc(C(F)(F)F)c(-c3[nH]nc4ncccc34)n2)CC1.NCC1CCC(CNc2ccc(C(F)(F)F)c(-c3[nH]nc4ncccc34)n2)CC1.[HH].[HH].[HH].[HH].[HH].[HH].[HH].[HH].c1cc(NCC2CCCCN2)nc(-c2[nH]nc3ncccc23)c1.c1cc(NCC2CCNC2)nc(-c2[nH]nc3ncccc23)c1. The van der Waals surface area contributed by atoms with E-state index in [1.165, 1.54) is 37.8 Å². The number of nitrogens with one attached hydrogen (secondary N) is 10. The minimum Gasteiger partial charge on any atom is -0.370 e. The molecule has 30 heteroatoms. The van der Waals surface area contributed by atoms with Crippen molar-refractivity contribution in [1.29, 1.82) is 0 Å². The van der Waals surface area contributed by atoms with Crippen LogP contribution in [0.4, 0.5) is 49.6 Å². The topological polar surface area (TPSA) is 342 Å². The van der Waals surface area contributed by atoms with E-state index in [2.05, 4.69) is 103 Å². The maximum atomic E-state index is 13.6. The summed E-state index contributed by atoms with van der Waals surface area (Å²) in [7, 11) is 0. The second kappa shape index (κ2) is 32.6. The van der Waals surface area contributed by atoms with Crippen LogP contribution in [0.5, 0.6) is 0 Å². The first kappa shape index (κ1) is 70.1. The number of halogens is 6. The van der Waals surface area contributed by atoms with Gasteiger partial charge in [-0.15, -0.1) is 0 Å². The molecule has 0 radical (unpaired) electrons. The summed E-state index contributed by atoms with van der Waals surface area (Å²) >= 11 is 0. The van der Waals surface area contributed by atoms with Gasteiger partial charge in [-0.25, -0.2) is 39.9 Å². The van der Waals surface area contributed by atoms with E-state index in [-0.39, 0.29) is 40.2 Å². The van der Waals surface area contributed by atoms with Gasteiger partial charge in [0.2, 0.25) is 0 Å². The van der Waals surface area contributed by atoms with E-state index in [1.807, 2.05) is 60.7 Å². The van der Waals surface area contributed by atoms with Crippen LogP contribution in [0.2, 0.25) is 0 Å². The lowest BCUT2D eigenvalue weighted by Gasteiger charge is -2.27. The Bertz CT molecular complexity index is 4720. The van der Waals surface area contributed by atoms with E-state index in [9.17, 15) is 26.3 Å². The molecule has 12 aromatic heterocycles. The molecule has 0 bridgehead atoms. The molecule has 2 saturated heterocycles. The molecule has 2 saturated carbocycles. The molecule has 102 heavy (non-hydrogen) atoms. The van der Waals surface area contributed by atoms with Gasteiger partial charge in [0.25, 0.3) is 0 Å². The monoisotopic (exact) mass is 1410 g/mol. The molecule has 2 unspecified atom stereocenters. The Morgan fingerprint density at radius 1 is 0.412 bits per heavy atom. The molecule has 0 aromatic carbocycles. The van der Waals surface area contributed by atoms with Gasteiger partial charge < -0.3 is 43.4 Å². The Balaban J connectivity index is 0.000000258. The smallest absolute Gasteiger partial charge is 0.370 e. The van der Waals surface area contributed by atoms with Crippen LogP contribution in [-0.4, -0.2) is 145 Å². The number of alkyl halides is 6. The summed E-state index contributed by atoms with van der Waals surface area (Å²) in [6.45, 7) is 7.24. The minimum absolute atomic E-state index is 0. The maximum absolute atomic E-state index is 13.6. The van der Waals surface area contributed by atoms with Crippen LogP contribution < -0.4 is 43.4 Å². The van der Waals surface area contributed by atoms with E-state index < -0.39 is 23.5 Å². The number of pyridine rings is 8. The van der Waals surface area contributed by atoms with Crippen molar-refractivity contribution in [1.82, 2.24) is 91.3 Å². The highest BCUT2D eigenvalue weighted by atomic mass is 19.4. The molecule has 0 amide bonds. The van der Waals surface area contributed by atoms with E-state index >= 15 is 0 Å². The van der Waals surface area contributed by atoms with E-state index in [0.29, 0.717) is 82.2 Å². The lowest BCUT2D eigenvalue weighted by molar-refractivity contribution is -0.138. The van der Waals surface area contributed by atoms with Crippen LogP contribution in [0, 0.1) is 23.7 Å². The molecular formula is C72H98F6N24. The molecule has 16 rings (SSSR count). The zero-order chi connectivity index (χ0) is 70.4. The molecule has 2 aliphatic heterocycles. The highest BCUT2D eigenvalue weighted by Crippen LogP contribution is 2.41. The number of aromatic amines is 4. The molecule has 2 atom stereocenters. The molecule has 12 aromatic rings. The van der Waals surface area contributed by atoms with Crippen molar-refractivity contribution in [3.63, 3.8) is 0 Å². The van der Waals surface area contributed by atoms with Gasteiger partial charge in [0.05, 0.1) is 45.3 Å². The Hall–Kier alpha value is -10.3. The molecule has 4 fully saturated rings. The number of nitrogens with two attached hydrogens (primary N) is 2. The van der Waals surface area contributed by atoms with Crippen LogP contribution in [0.15, 0.2) is 134 Å². The second-order valence-corrected chi connectivity index (χ2v) is 26.3. The molecule has 4 aliphatic rings. The summed E-state index contributed by atoms with van der Waals surface area (Å²) in [5.41, 5.74) is 15.8. The van der Waals surface area contributed by atoms with Crippen molar-refractivity contribution >= 4 is 67.4 Å². The maximum Gasteiger partial charge on any atom is 0.418 e. The van der Waals surface area contributed by atoms with Crippen LogP contribution in [0.1, 0.15) is 99.6 Å². The molecule has 24 nitrogen and oxygen atoms in total. The number of anilines is 4. The van der Waals surface area contributed by atoms with Gasteiger partial charge in [-0.05, 0) is 218 Å². The quantitative estimate of drug-likeness (QED) is 0.0377. The highest BCUT2D eigenvalue weighted by Gasteiger charge is 2.37. The fourth-order valence-electron chi connectivity index (χ4n) is 13.5. The lowest BCUT2D eigenvalue weighted by Crippen LogP contribution is -2.39. The minimum atomic E-state index is -4.53. The summed E-state index contributed by atoms with van der Waals surface area (Å²) in [6, 6.07) is 32.2. The average Bonchev–Trinajstić information content (AvgIpc) is 1.54. The van der Waals surface area contributed by atoms with Gasteiger partial charge in [0, 0.05) is 96.0 Å². The number of piperidine rings is 1. The predicted molar refractivity (Wildman–Crippen MR) is 400 cm³/mol. The second-order valence-electron chi connectivity index (χ2n) is 26.3. The normalized spacial score (nSPS) is 19.3. The molecule has 548 valence electrons. The summed E-state index contributed by atoms with van der Waals surface area (Å²) in [4.78, 5) is 34.6. The number of hydrogen-bond donors (Lipinski definition) is 12. The highest BCUT2D eigenvalue weighted by molar-refractivity contribution is 5.93. The first-order valence-electron chi connectivity index (χ1n) is 34.8. The Labute approximate surface area is 595 Å². The molecule has 2 aliphatic carbocycles. The first-order valence-corrected chi connectivity index (χ1v) is 34.8. The van der Waals surface area contributed by atoms with Crippen molar-refractivity contribution in [3.05, 3.63) is 145 Å². The first-order chi connectivity index (χ1) is 49.7. The van der Waals surface area contributed by atoms with Gasteiger partial charge in [-0.1, -0.05) is 18.6 Å². The number of hydrogen-bond acceptors (Lipinski definition) is 20. The standard InChI is InChI=1S/C20H23F3N6.C19H21F3N6.C17H20N6.C16H18N6.8H2/c21-20(22,23)15-7-8-16(26-11-13-5-3-12(10-24)4-6-13)27-18(15)17-14-2-1-9-25-19(14)29-28-17;20-19(21,22)14-7-8-15(25-10-11-3-5-12(23)6-4-11)26-17(14)16-13-2-1-9-24-18(13)28-27-16;1-2-9-18-12(5-1)11-20-15-8-3-7-14(21-15)16-13-6-4-10-19-17(13)23-22-16;1-4-13(15-12-3-2-7-18-16(12)22-21-15)20-14(5-1)19-10-11-6-8-17-9-11;;;;;;;;/h1-2,7-9,12-13H,3-6,10-11,24H2,(H,26,27)(H,25,28,29);1-2,7-9,11-12H,3-6,10,23H2,(H,25,26)(H,24,27,28);3-4,6-8,10,12,18H,1-2,5,9,11H2,(H,20,21)(H,19,22,23);1-5,7,11,17H,6,8-10H2,(H,19,20)(H,18,21,22);8*1H. The van der Waals surface area contributed by atoms with Gasteiger partial charge in [0.1, 0.15) is 34.7 Å². The van der Waals surface area contributed by atoms with Crippen LogP contribution in [0.3, 0.4) is 0 Å². The Morgan fingerprint density at radius 2 is 0.824 bits per heavy atom. The summed E-state index contributed by atoms with van der Waals surface area (Å²) < 4.78 is 81.5. The lowest BCUT2D eigenvalue weighted by atomic mass is 9.82. The third-order valence-electron chi connectivity index (χ3n) is 19.2. The fraction of sp³-hybridized carbons (Fsp3) is 0.389. The fourth-order valence-corrected chi connectivity index (χ4v) is 13.5. The Morgan fingerprint density at radius 3 is 1.25 bits per heavy atom. The zero-order valence-corrected chi connectivity index (χ0v) is 56.1. The van der Waals surface area contributed by atoms with Crippen molar-refractivity contribution in [2.45, 2.75) is 101 Å². The van der Waals surface area contributed by atoms with Gasteiger partial charge in [-0.2, -0.15) is 46.7 Å². The molecular weight excluding hydrogens is 1310 g/mol. The number of nitrogens with zero attached hydrogens (tertiary/aromatic N) is 12. The van der Waals surface area contributed by atoms with E-state index in [4.69, 9.17) is 21.4 Å². The van der Waals surface area contributed by atoms with Gasteiger partial charge in [0.15, 0.2) is 22.6 Å². The third-order valence-corrected chi connectivity index (χ3v) is 19.2. The van der Waals surface area contributed by atoms with Crippen molar-refractivity contribution < 1.29 is 37.8 Å². The van der Waals surface area contributed by atoms with Crippen molar-refractivity contribution in [2.24, 2.45) is 35.1 Å². The van der Waals surface area contributed by atoms with Crippen LogP contribution in [0.25, 0.3) is 89.7 Å². The van der Waals surface area contributed by atoms with Crippen molar-refractivity contribution in [3.8, 4) is 45.6 Å². The van der Waals surface area contributed by atoms with E-state index in [0.717, 1.165) is 154 Å². The summed E-state index contributed by atoms with van der Waals surface area (Å²) in [5, 5.41) is 51.1. The van der Waals surface area contributed by atoms with Crippen LogP contribution >= 0.6 is 0 Å². The summed E-state index contributed by atoms with van der Waals surface area (Å²) in [6.07, 6.45) is 10.9. The number of fused-ring (bicyclic) bond motifs is 4. The van der Waals surface area contributed by atoms with Crippen LogP contribution in [-0.2, 0) is 12.4 Å². The Kier molecular flexibility index (Phi) is 22.4. The predicted octanol–water partition coefficient (Wildman–Crippen LogP) is 14.8. The van der Waals surface area contributed by atoms with Gasteiger partial charge >= 0.3 is 12.4 Å². The van der Waals surface area contributed by atoms with E-state index in [1.54, 1.807) is 49.1 Å². The number of aromatic nitrogens is 16. The summed E-state index contributed by atoms with van der Waals surface area (Å²) in [5.74, 6) is 4.81. The number of rotatable bonds is 17. The number of H-pyrrole nitrogens is 4. The largest absolute Gasteiger partial charge is 0.418 e. The van der Waals surface area contributed by atoms with Crippen molar-refractivity contribution in [2.75, 3.05) is 73.6 Å². The van der Waals surface area contributed by atoms with Gasteiger partial charge in [-0.3, -0.25) is 20.4 Å².